The maximum atomic E-state index is 5.17. The third-order valence-electron chi connectivity index (χ3n) is 4.60. The van der Waals surface area contributed by atoms with Gasteiger partial charge in [-0.1, -0.05) is 0 Å². The average Bonchev–Trinajstić information content (AvgIpc) is 3.00. The van der Waals surface area contributed by atoms with Crippen LogP contribution in [-0.2, 0) is 26.1 Å². The highest BCUT2D eigenvalue weighted by atomic mass is 35.5. The van der Waals surface area contributed by atoms with E-state index < -0.39 is 0 Å². The molecule has 0 saturated carbocycles. The van der Waals surface area contributed by atoms with Crippen molar-refractivity contribution >= 4 is 37.2 Å². The first-order valence-electron chi connectivity index (χ1n) is 8.02. The normalized spacial score (nSPS) is 13.6. The molecule has 4 nitrogen and oxygen atoms in total. The van der Waals surface area contributed by atoms with Gasteiger partial charge in [0, 0.05) is 50.2 Å². The van der Waals surface area contributed by atoms with Crippen LogP contribution in [0.3, 0.4) is 0 Å². The maximum absolute atomic E-state index is 5.17. The molecule has 2 aromatic rings. The Morgan fingerprint density at radius 1 is 1.24 bits per heavy atom. The topological polar surface area (TPSA) is 32.5 Å². The smallest absolute Gasteiger partial charge is 0.0947 e. The molecule has 2 aromatic heterocycles. The molecular formula is C18H28Cl3N3O. The second-order valence-corrected chi connectivity index (χ2v) is 6.54. The van der Waals surface area contributed by atoms with Crippen molar-refractivity contribution in [2.45, 2.75) is 45.9 Å². The van der Waals surface area contributed by atoms with E-state index >= 15 is 0 Å². The Hall–Kier alpha value is -0.780. The predicted octanol–water partition coefficient (Wildman–Crippen LogP) is 4.34. The van der Waals surface area contributed by atoms with Gasteiger partial charge in [0.25, 0.3) is 0 Å². The van der Waals surface area contributed by atoms with Gasteiger partial charge in [-0.15, -0.1) is 37.2 Å². The minimum atomic E-state index is 0. The molecule has 0 unspecified atom stereocenters. The van der Waals surface area contributed by atoms with Gasteiger partial charge in [-0.25, -0.2) is 0 Å². The Kier molecular flexibility index (Phi) is 10.7. The minimum Gasteiger partial charge on any atom is -0.472 e. The van der Waals surface area contributed by atoms with Gasteiger partial charge in [-0.3, -0.25) is 14.8 Å². The zero-order valence-electron chi connectivity index (χ0n) is 15.0. The van der Waals surface area contributed by atoms with Crippen LogP contribution in [0.5, 0.6) is 0 Å². The summed E-state index contributed by atoms with van der Waals surface area (Å²) in [5.74, 6) is 0. The van der Waals surface area contributed by atoms with Gasteiger partial charge in [0.05, 0.1) is 12.5 Å². The molecule has 0 N–H and O–H groups in total. The maximum Gasteiger partial charge on any atom is 0.0947 e. The average molecular weight is 409 g/mol. The summed E-state index contributed by atoms with van der Waals surface area (Å²) in [5.41, 5.74) is 5.51. The standard InChI is InChI=1S/C18H25N3O.3ClH/c1-14(2)20(3)11-16-8-19-9-17-12-21(6-4-18(16)17)10-15-5-7-22-13-15;;;/h5,7-9,13-14H,4,6,10-12H2,1-3H3;3*1H. The van der Waals surface area contributed by atoms with Crippen molar-refractivity contribution in [1.82, 2.24) is 14.8 Å². The number of nitrogens with zero attached hydrogens (tertiary/aromatic N) is 3. The number of hydrogen-bond acceptors (Lipinski definition) is 4. The molecule has 0 amide bonds. The van der Waals surface area contributed by atoms with Gasteiger partial charge < -0.3 is 4.42 Å². The lowest BCUT2D eigenvalue weighted by Crippen LogP contribution is -2.32. The first-order valence-corrected chi connectivity index (χ1v) is 8.02. The summed E-state index contributed by atoms with van der Waals surface area (Å²) in [6.07, 6.45) is 8.77. The van der Waals surface area contributed by atoms with Gasteiger partial charge in [0.1, 0.15) is 0 Å². The summed E-state index contributed by atoms with van der Waals surface area (Å²) in [7, 11) is 2.18. The fourth-order valence-electron chi connectivity index (χ4n) is 2.99. The molecule has 0 spiro atoms. The highest BCUT2D eigenvalue weighted by Crippen LogP contribution is 2.24. The first kappa shape index (κ1) is 24.2. The molecule has 142 valence electrons. The molecule has 0 bridgehead atoms. The molecule has 0 saturated heterocycles. The second kappa shape index (κ2) is 11.0. The third-order valence-corrected chi connectivity index (χ3v) is 4.60. The van der Waals surface area contributed by atoms with Crippen molar-refractivity contribution in [1.29, 1.82) is 0 Å². The molecule has 1 aliphatic heterocycles. The lowest BCUT2D eigenvalue weighted by atomic mass is 9.96. The summed E-state index contributed by atoms with van der Waals surface area (Å²) in [4.78, 5) is 9.30. The van der Waals surface area contributed by atoms with E-state index in [4.69, 9.17) is 4.42 Å². The van der Waals surface area contributed by atoms with Crippen LogP contribution in [0.4, 0.5) is 0 Å². The van der Waals surface area contributed by atoms with E-state index in [1.54, 1.807) is 6.26 Å². The predicted molar refractivity (Wildman–Crippen MR) is 109 cm³/mol. The number of pyridine rings is 1. The number of rotatable bonds is 5. The van der Waals surface area contributed by atoms with Gasteiger partial charge in [0.15, 0.2) is 0 Å². The van der Waals surface area contributed by atoms with Crippen LogP contribution in [0.2, 0.25) is 0 Å². The molecule has 3 rings (SSSR count). The molecule has 25 heavy (non-hydrogen) atoms. The highest BCUT2D eigenvalue weighted by molar-refractivity contribution is 5.86. The van der Waals surface area contributed by atoms with Crippen molar-refractivity contribution < 1.29 is 4.42 Å². The molecule has 7 heteroatoms. The second-order valence-electron chi connectivity index (χ2n) is 6.54. The van der Waals surface area contributed by atoms with Crippen LogP contribution in [-0.4, -0.2) is 34.4 Å². The van der Waals surface area contributed by atoms with E-state index in [0.29, 0.717) is 6.04 Å². The molecule has 0 atom stereocenters. The summed E-state index contributed by atoms with van der Waals surface area (Å²) < 4.78 is 5.17. The van der Waals surface area contributed by atoms with E-state index in [9.17, 15) is 0 Å². The van der Waals surface area contributed by atoms with Crippen molar-refractivity contribution in [3.63, 3.8) is 0 Å². The van der Waals surface area contributed by atoms with E-state index in [1.165, 1.54) is 22.3 Å². The number of halogens is 3. The number of fused-ring (bicyclic) bond motifs is 1. The Balaban J connectivity index is 0.00000192. The van der Waals surface area contributed by atoms with Gasteiger partial charge in [-0.2, -0.15) is 0 Å². The van der Waals surface area contributed by atoms with Crippen LogP contribution in [0.15, 0.2) is 35.4 Å². The van der Waals surface area contributed by atoms with Crippen LogP contribution in [0.1, 0.15) is 36.1 Å². The Morgan fingerprint density at radius 3 is 2.64 bits per heavy atom. The van der Waals surface area contributed by atoms with Crippen molar-refractivity contribution in [3.05, 3.63) is 53.2 Å². The van der Waals surface area contributed by atoms with E-state index in [1.807, 2.05) is 24.7 Å². The lowest BCUT2D eigenvalue weighted by molar-refractivity contribution is 0.239. The van der Waals surface area contributed by atoms with Crippen molar-refractivity contribution in [3.8, 4) is 0 Å². The molecule has 3 heterocycles. The van der Waals surface area contributed by atoms with E-state index in [-0.39, 0.29) is 37.2 Å². The first-order chi connectivity index (χ1) is 10.6. The number of hydrogen-bond donors (Lipinski definition) is 0. The third kappa shape index (κ3) is 6.15. The number of furan rings is 1. The van der Waals surface area contributed by atoms with Gasteiger partial charge in [-0.05, 0) is 50.1 Å². The molecule has 1 aliphatic rings. The zero-order chi connectivity index (χ0) is 15.5. The molecule has 0 aliphatic carbocycles. The molecule has 0 fully saturated rings. The van der Waals surface area contributed by atoms with Gasteiger partial charge >= 0.3 is 0 Å². The Labute approximate surface area is 169 Å². The summed E-state index contributed by atoms with van der Waals surface area (Å²) in [5, 5.41) is 0. The van der Waals surface area contributed by atoms with Crippen LogP contribution in [0, 0.1) is 0 Å². The summed E-state index contributed by atoms with van der Waals surface area (Å²) >= 11 is 0. The largest absolute Gasteiger partial charge is 0.472 e. The Bertz CT molecular complexity index is 620. The fourth-order valence-corrected chi connectivity index (χ4v) is 2.99. The molecule has 0 radical (unpaired) electrons. The molecular weight excluding hydrogens is 381 g/mol. The minimum absolute atomic E-state index is 0. The highest BCUT2D eigenvalue weighted by Gasteiger charge is 2.20. The number of aromatic nitrogens is 1. The lowest BCUT2D eigenvalue weighted by Gasteiger charge is -2.30. The molecule has 0 aromatic carbocycles. The zero-order valence-corrected chi connectivity index (χ0v) is 17.4. The van der Waals surface area contributed by atoms with Crippen LogP contribution < -0.4 is 0 Å². The van der Waals surface area contributed by atoms with Crippen LogP contribution in [0.25, 0.3) is 0 Å². The SMILES string of the molecule is CC(C)N(C)Cc1cncc2c1CCN(Cc1ccoc1)C2.Cl.Cl.Cl. The Morgan fingerprint density at radius 2 is 2.00 bits per heavy atom. The van der Waals surface area contributed by atoms with Crippen molar-refractivity contribution in [2.24, 2.45) is 0 Å². The monoisotopic (exact) mass is 407 g/mol. The van der Waals surface area contributed by atoms with E-state index in [2.05, 4.69) is 35.7 Å². The quantitative estimate of drug-likeness (QED) is 0.737. The summed E-state index contributed by atoms with van der Waals surface area (Å²) in [6, 6.07) is 2.60. The summed E-state index contributed by atoms with van der Waals surface area (Å²) in [6.45, 7) is 8.47. The van der Waals surface area contributed by atoms with Crippen LogP contribution >= 0.6 is 37.2 Å². The van der Waals surface area contributed by atoms with Crippen molar-refractivity contribution in [2.75, 3.05) is 13.6 Å². The van der Waals surface area contributed by atoms with E-state index in [0.717, 1.165) is 32.6 Å². The van der Waals surface area contributed by atoms with Gasteiger partial charge in [0.2, 0.25) is 0 Å². The fraction of sp³-hybridized carbons (Fsp3) is 0.500.